The second-order valence-electron chi connectivity index (χ2n) is 4.96. The van der Waals surface area contributed by atoms with Crippen LogP contribution in [0, 0.1) is 6.92 Å². The summed E-state index contributed by atoms with van der Waals surface area (Å²) >= 11 is 0. The van der Waals surface area contributed by atoms with E-state index in [4.69, 9.17) is 4.18 Å². The van der Waals surface area contributed by atoms with Gasteiger partial charge in [-0.1, -0.05) is 19.9 Å². The Balaban J connectivity index is 2.35. The summed E-state index contributed by atoms with van der Waals surface area (Å²) in [6.45, 7) is 6.01. The van der Waals surface area contributed by atoms with E-state index in [0.717, 1.165) is 11.1 Å². The van der Waals surface area contributed by atoms with Crippen LogP contribution in [0.25, 0.3) is 0 Å². The number of pyridine rings is 1. The maximum Gasteiger partial charge on any atom is 0.340 e. The average molecular weight is 291 g/mol. The second-order valence-corrected chi connectivity index (χ2v) is 6.51. The van der Waals surface area contributed by atoms with E-state index in [-0.39, 0.29) is 4.90 Å². The molecule has 0 amide bonds. The molecule has 4 nitrogen and oxygen atoms in total. The zero-order valence-electron chi connectivity index (χ0n) is 11.7. The first-order valence-electron chi connectivity index (χ1n) is 6.34. The molecule has 1 heterocycles. The van der Waals surface area contributed by atoms with Crippen LogP contribution in [0.15, 0.2) is 47.6 Å². The minimum atomic E-state index is -3.84. The van der Waals surface area contributed by atoms with E-state index in [1.807, 2.05) is 26.8 Å². The van der Waals surface area contributed by atoms with E-state index in [0.29, 0.717) is 11.7 Å². The predicted molar refractivity (Wildman–Crippen MR) is 77.3 cm³/mol. The van der Waals surface area contributed by atoms with Crippen molar-refractivity contribution in [1.82, 2.24) is 4.98 Å². The minimum absolute atomic E-state index is 0.0487. The first kappa shape index (κ1) is 14.5. The summed E-state index contributed by atoms with van der Waals surface area (Å²) in [5.41, 5.74) is 2.01. The third-order valence-electron chi connectivity index (χ3n) is 2.87. The summed E-state index contributed by atoms with van der Waals surface area (Å²) < 4.78 is 29.5. The zero-order valence-corrected chi connectivity index (χ0v) is 12.5. The monoisotopic (exact) mass is 291 g/mol. The van der Waals surface area contributed by atoms with Gasteiger partial charge in [-0.25, -0.2) is 0 Å². The van der Waals surface area contributed by atoms with Gasteiger partial charge in [-0.05, 0) is 48.2 Å². The molecule has 0 spiro atoms. The zero-order chi connectivity index (χ0) is 14.8. The van der Waals surface area contributed by atoms with Crippen molar-refractivity contribution >= 4 is 10.1 Å². The number of hydrogen-bond donors (Lipinski definition) is 0. The van der Waals surface area contributed by atoms with Crippen molar-refractivity contribution in [3.63, 3.8) is 0 Å². The van der Waals surface area contributed by atoms with Gasteiger partial charge in [0, 0.05) is 12.4 Å². The molecule has 106 valence electrons. The summed E-state index contributed by atoms with van der Waals surface area (Å²) in [5.74, 6) is 0.635. The number of aromatic nitrogens is 1. The molecule has 0 saturated carbocycles. The molecule has 1 aromatic carbocycles. The largest absolute Gasteiger partial charge is 0.379 e. The Hall–Kier alpha value is -1.88. The van der Waals surface area contributed by atoms with Crippen molar-refractivity contribution in [2.75, 3.05) is 0 Å². The molecule has 0 fully saturated rings. The summed E-state index contributed by atoms with van der Waals surface area (Å²) in [4.78, 5) is 3.85. The Morgan fingerprint density at radius 1 is 1.20 bits per heavy atom. The van der Waals surface area contributed by atoms with E-state index < -0.39 is 10.1 Å². The molecule has 0 atom stereocenters. The fraction of sp³-hybridized carbons (Fsp3) is 0.267. The van der Waals surface area contributed by atoms with Gasteiger partial charge in [0.15, 0.2) is 0 Å². The Morgan fingerprint density at radius 3 is 2.55 bits per heavy atom. The number of nitrogens with zero attached hydrogens (tertiary/aromatic N) is 1. The first-order chi connectivity index (χ1) is 9.38. The Bertz CT molecular complexity index is 694. The van der Waals surface area contributed by atoms with Gasteiger partial charge in [0.25, 0.3) is 0 Å². The van der Waals surface area contributed by atoms with Crippen molar-refractivity contribution in [3.05, 3.63) is 53.9 Å². The molecule has 0 N–H and O–H groups in total. The van der Waals surface area contributed by atoms with Crippen LogP contribution in [0.1, 0.15) is 30.9 Å². The summed E-state index contributed by atoms with van der Waals surface area (Å²) in [6.07, 6.45) is 2.79. The average Bonchev–Trinajstić information content (AvgIpc) is 2.38. The maximum atomic E-state index is 12.1. The number of rotatable bonds is 4. The molecule has 0 aliphatic heterocycles. The standard InChI is InChI=1S/C15H17NO3S/c1-11(2)13-7-12(3)8-14(9-13)19-20(17,18)15-5-4-6-16-10-15/h4-11H,1-3H3. The molecule has 0 aliphatic carbocycles. The van der Waals surface area contributed by atoms with Crippen LogP contribution in [0.4, 0.5) is 0 Å². The van der Waals surface area contributed by atoms with Crippen molar-refractivity contribution in [1.29, 1.82) is 0 Å². The summed E-state index contributed by atoms with van der Waals surface area (Å²) in [7, 11) is -3.84. The van der Waals surface area contributed by atoms with E-state index in [1.165, 1.54) is 18.5 Å². The minimum Gasteiger partial charge on any atom is -0.379 e. The third-order valence-corrected chi connectivity index (χ3v) is 4.10. The van der Waals surface area contributed by atoms with Gasteiger partial charge in [0.05, 0.1) is 0 Å². The van der Waals surface area contributed by atoms with E-state index in [9.17, 15) is 8.42 Å². The van der Waals surface area contributed by atoms with E-state index >= 15 is 0 Å². The van der Waals surface area contributed by atoms with Crippen molar-refractivity contribution in [2.24, 2.45) is 0 Å². The Morgan fingerprint density at radius 2 is 1.95 bits per heavy atom. The molecule has 2 rings (SSSR count). The lowest BCUT2D eigenvalue weighted by molar-refractivity contribution is 0.485. The van der Waals surface area contributed by atoms with Gasteiger partial charge in [-0.15, -0.1) is 0 Å². The highest BCUT2D eigenvalue weighted by atomic mass is 32.2. The molecule has 0 unspecified atom stereocenters. The van der Waals surface area contributed by atoms with Gasteiger partial charge >= 0.3 is 10.1 Å². The molecule has 0 aliphatic rings. The lowest BCUT2D eigenvalue weighted by atomic mass is 10.0. The Labute approximate surface area is 119 Å². The number of hydrogen-bond acceptors (Lipinski definition) is 4. The quantitative estimate of drug-likeness (QED) is 0.811. The highest BCUT2D eigenvalue weighted by Crippen LogP contribution is 2.25. The highest BCUT2D eigenvalue weighted by molar-refractivity contribution is 7.87. The third kappa shape index (κ3) is 3.36. The van der Waals surface area contributed by atoms with Gasteiger partial charge < -0.3 is 4.18 Å². The van der Waals surface area contributed by atoms with Gasteiger partial charge in [0.1, 0.15) is 10.6 Å². The topological polar surface area (TPSA) is 56.3 Å². The van der Waals surface area contributed by atoms with E-state index in [2.05, 4.69) is 4.98 Å². The number of aryl methyl sites for hydroxylation is 1. The van der Waals surface area contributed by atoms with Gasteiger partial charge in [0.2, 0.25) is 0 Å². The van der Waals surface area contributed by atoms with Crippen molar-refractivity contribution in [2.45, 2.75) is 31.6 Å². The van der Waals surface area contributed by atoms with Crippen LogP contribution < -0.4 is 4.18 Å². The summed E-state index contributed by atoms with van der Waals surface area (Å²) in [5, 5.41) is 0. The van der Waals surface area contributed by atoms with Crippen LogP contribution in [-0.4, -0.2) is 13.4 Å². The Kier molecular flexibility index (Phi) is 4.09. The highest BCUT2D eigenvalue weighted by Gasteiger charge is 2.17. The van der Waals surface area contributed by atoms with Crippen LogP contribution in [0.5, 0.6) is 5.75 Å². The molecular weight excluding hydrogens is 274 g/mol. The molecule has 0 bridgehead atoms. The SMILES string of the molecule is Cc1cc(OS(=O)(=O)c2cccnc2)cc(C(C)C)c1. The number of benzene rings is 1. The summed E-state index contributed by atoms with van der Waals surface area (Å²) in [6, 6.07) is 8.51. The van der Waals surface area contributed by atoms with Crippen molar-refractivity contribution in [3.8, 4) is 5.75 Å². The first-order valence-corrected chi connectivity index (χ1v) is 7.75. The molecule has 1 aromatic heterocycles. The lowest BCUT2D eigenvalue weighted by Gasteiger charge is -2.11. The van der Waals surface area contributed by atoms with Crippen LogP contribution in [-0.2, 0) is 10.1 Å². The molecule has 0 radical (unpaired) electrons. The van der Waals surface area contributed by atoms with Crippen LogP contribution in [0.3, 0.4) is 0 Å². The molecule has 5 heteroatoms. The molecule has 0 saturated heterocycles. The van der Waals surface area contributed by atoms with Gasteiger partial charge in [-0.3, -0.25) is 4.98 Å². The smallest absolute Gasteiger partial charge is 0.340 e. The normalized spacial score (nSPS) is 11.6. The molecular formula is C15H17NO3S. The van der Waals surface area contributed by atoms with Crippen LogP contribution >= 0.6 is 0 Å². The molecule has 2 aromatic rings. The fourth-order valence-corrected chi connectivity index (χ4v) is 2.71. The van der Waals surface area contributed by atoms with Crippen molar-refractivity contribution < 1.29 is 12.6 Å². The van der Waals surface area contributed by atoms with Gasteiger partial charge in [-0.2, -0.15) is 8.42 Å². The fourth-order valence-electron chi connectivity index (χ4n) is 1.83. The second kappa shape index (κ2) is 5.63. The molecule has 20 heavy (non-hydrogen) atoms. The van der Waals surface area contributed by atoms with Crippen LogP contribution in [0.2, 0.25) is 0 Å². The lowest BCUT2D eigenvalue weighted by Crippen LogP contribution is -2.10. The van der Waals surface area contributed by atoms with E-state index in [1.54, 1.807) is 18.2 Å². The maximum absolute atomic E-state index is 12.1. The predicted octanol–water partition coefficient (Wildman–Crippen LogP) is 3.28.